The molecule has 0 bridgehead atoms. The molecule has 24 heavy (non-hydrogen) atoms. The second-order valence-electron chi connectivity index (χ2n) is 6.75. The second kappa shape index (κ2) is 5.79. The average Bonchev–Trinajstić information content (AvgIpc) is 3.08. The highest BCUT2D eigenvalue weighted by molar-refractivity contribution is 5.97. The number of carbonyl (C=O) groups is 1. The van der Waals surface area contributed by atoms with Crippen LogP contribution in [0.2, 0.25) is 0 Å². The van der Waals surface area contributed by atoms with Gasteiger partial charge in [-0.15, -0.1) is 0 Å². The van der Waals surface area contributed by atoms with Gasteiger partial charge in [-0.1, -0.05) is 6.92 Å². The summed E-state index contributed by atoms with van der Waals surface area (Å²) in [7, 11) is 0. The van der Waals surface area contributed by atoms with Gasteiger partial charge in [0.1, 0.15) is 0 Å². The Bertz CT molecular complexity index is 779. The van der Waals surface area contributed by atoms with Crippen LogP contribution < -0.4 is 0 Å². The molecule has 1 aromatic heterocycles. The summed E-state index contributed by atoms with van der Waals surface area (Å²) < 4.78 is 40.9. The number of likely N-dealkylation sites (tertiary alicyclic amines) is 1. The molecule has 2 heterocycles. The third-order valence-electron chi connectivity index (χ3n) is 4.42. The fourth-order valence-electron chi connectivity index (χ4n) is 3.26. The Morgan fingerprint density at radius 3 is 2.58 bits per heavy atom. The van der Waals surface area contributed by atoms with E-state index >= 15 is 0 Å². The molecular weight excluding hydrogens is 319 g/mol. The number of nitrogens with zero attached hydrogens (tertiary/aromatic N) is 3. The summed E-state index contributed by atoms with van der Waals surface area (Å²) in [5.41, 5.74) is 0.983. The van der Waals surface area contributed by atoms with E-state index in [1.54, 1.807) is 30.9 Å². The van der Waals surface area contributed by atoms with Gasteiger partial charge in [0.25, 0.3) is 5.91 Å². The second-order valence-corrected chi connectivity index (χ2v) is 6.75. The number of alkyl halides is 3. The maximum atomic E-state index is 13.2. The lowest BCUT2D eigenvalue weighted by atomic mass is 10.1. The van der Waals surface area contributed by atoms with Crippen molar-refractivity contribution in [2.24, 2.45) is 5.92 Å². The lowest BCUT2D eigenvalue weighted by Gasteiger charge is -2.16. The Morgan fingerprint density at radius 2 is 2.04 bits per heavy atom. The Morgan fingerprint density at radius 1 is 1.33 bits per heavy atom. The Kier molecular flexibility index (Phi) is 4.05. The smallest absolute Gasteiger partial charge is 0.338 e. The molecule has 4 nitrogen and oxygen atoms in total. The SMILES string of the molecule is CC1CCN(C(=O)c2ccc3c(c2)nc(C(F)(F)F)n3C(C)C)C1. The fraction of sp³-hybridized carbons (Fsp3) is 0.529. The topological polar surface area (TPSA) is 38.1 Å². The number of rotatable bonds is 2. The van der Waals surface area contributed by atoms with Gasteiger partial charge in [-0.05, 0) is 44.4 Å². The van der Waals surface area contributed by atoms with Gasteiger partial charge in [0, 0.05) is 24.7 Å². The van der Waals surface area contributed by atoms with Crippen LogP contribution in [0.1, 0.15) is 49.4 Å². The Hall–Kier alpha value is -2.05. The molecule has 2 aromatic rings. The van der Waals surface area contributed by atoms with E-state index in [0.717, 1.165) is 6.42 Å². The monoisotopic (exact) mass is 339 g/mol. The van der Waals surface area contributed by atoms with Crippen molar-refractivity contribution >= 4 is 16.9 Å². The van der Waals surface area contributed by atoms with Gasteiger partial charge in [-0.25, -0.2) is 4.98 Å². The van der Waals surface area contributed by atoms with E-state index in [-0.39, 0.29) is 17.5 Å². The zero-order chi connectivity index (χ0) is 17.6. The largest absolute Gasteiger partial charge is 0.449 e. The number of carbonyl (C=O) groups excluding carboxylic acids is 1. The van der Waals surface area contributed by atoms with E-state index < -0.39 is 12.0 Å². The molecular formula is C17H20F3N3O. The minimum absolute atomic E-state index is 0.145. The molecule has 1 aromatic carbocycles. The van der Waals surface area contributed by atoms with Crippen molar-refractivity contribution in [2.45, 2.75) is 39.4 Å². The first-order valence-electron chi connectivity index (χ1n) is 8.07. The van der Waals surface area contributed by atoms with Crippen LogP contribution in [0.3, 0.4) is 0 Å². The molecule has 1 aliphatic heterocycles. The molecule has 0 saturated carbocycles. The van der Waals surface area contributed by atoms with Crippen LogP contribution in [0.5, 0.6) is 0 Å². The molecule has 1 atom stereocenters. The molecule has 1 amide bonds. The van der Waals surface area contributed by atoms with E-state index in [4.69, 9.17) is 0 Å². The van der Waals surface area contributed by atoms with Crippen molar-refractivity contribution in [2.75, 3.05) is 13.1 Å². The Labute approximate surface area is 138 Å². The first kappa shape index (κ1) is 16.8. The summed E-state index contributed by atoms with van der Waals surface area (Å²) in [5.74, 6) is -0.615. The maximum Gasteiger partial charge on any atom is 0.449 e. The molecule has 0 radical (unpaired) electrons. The van der Waals surface area contributed by atoms with Crippen LogP contribution in [0.4, 0.5) is 13.2 Å². The number of imidazole rings is 1. The normalized spacial score (nSPS) is 18.8. The number of halogens is 3. The van der Waals surface area contributed by atoms with Crippen LogP contribution >= 0.6 is 0 Å². The molecule has 0 spiro atoms. The molecule has 0 N–H and O–H groups in total. The van der Waals surface area contributed by atoms with Crippen molar-refractivity contribution in [3.05, 3.63) is 29.6 Å². The minimum atomic E-state index is -4.53. The summed E-state index contributed by atoms with van der Waals surface area (Å²) in [6.45, 7) is 6.82. The van der Waals surface area contributed by atoms with Crippen LogP contribution in [-0.2, 0) is 6.18 Å². The van der Waals surface area contributed by atoms with E-state index in [1.165, 1.54) is 10.6 Å². The molecule has 7 heteroatoms. The molecule has 1 fully saturated rings. The maximum absolute atomic E-state index is 13.2. The Balaban J connectivity index is 2.04. The zero-order valence-corrected chi connectivity index (χ0v) is 13.9. The highest BCUT2D eigenvalue weighted by atomic mass is 19.4. The van der Waals surface area contributed by atoms with Gasteiger partial charge >= 0.3 is 6.18 Å². The number of hydrogen-bond acceptors (Lipinski definition) is 2. The highest BCUT2D eigenvalue weighted by Crippen LogP contribution is 2.34. The lowest BCUT2D eigenvalue weighted by Crippen LogP contribution is -2.28. The van der Waals surface area contributed by atoms with E-state index in [2.05, 4.69) is 11.9 Å². The highest BCUT2D eigenvalue weighted by Gasteiger charge is 2.38. The third-order valence-corrected chi connectivity index (χ3v) is 4.42. The van der Waals surface area contributed by atoms with E-state index in [9.17, 15) is 18.0 Å². The number of hydrogen-bond donors (Lipinski definition) is 0. The first-order valence-corrected chi connectivity index (χ1v) is 8.07. The molecule has 3 rings (SSSR count). The van der Waals surface area contributed by atoms with Crippen LogP contribution in [0.15, 0.2) is 18.2 Å². The quantitative estimate of drug-likeness (QED) is 0.825. The third kappa shape index (κ3) is 2.87. The fourth-order valence-corrected chi connectivity index (χ4v) is 3.26. The van der Waals surface area contributed by atoms with Gasteiger partial charge < -0.3 is 9.47 Å². The zero-order valence-electron chi connectivity index (χ0n) is 13.9. The molecule has 0 aliphatic carbocycles. The summed E-state index contributed by atoms with van der Waals surface area (Å²) in [6.07, 6.45) is -3.58. The number of benzene rings is 1. The van der Waals surface area contributed by atoms with Crippen molar-refractivity contribution in [1.29, 1.82) is 0 Å². The van der Waals surface area contributed by atoms with Gasteiger partial charge in [0.2, 0.25) is 5.82 Å². The van der Waals surface area contributed by atoms with Crippen LogP contribution in [-0.4, -0.2) is 33.4 Å². The predicted octanol–water partition coefficient (Wildman–Crippen LogP) is 4.12. The van der Waals surface area contributed by atoms with Crippen LogP contribution in [0.25, 0.3) is 11.0 Å². The average molecular weight is 339 g/mol. The van der Waals surface area contributed by atoms with Crippen molar-refractivity contribution in [3.63, 3.8) is 0 Å². The van der Waals surface area contributed by atoms with E-state index in [0.29, 0.717) is 30.1 Å². The molecule has 1 unspecified atom stereocenters. The molecule has 1 aliphatic rings. The van der Waals surface area contributed by atoms with Crippen molar-refractivity contribution in [1.82, 2.24) is 14.5 Å². The van der Waals surface area contributed by atoms with Gasteiger partial charge in [-0.2, -0.15) is 13.2 Å². The number of amides is 1. The number of fused-ring (bicyclic) bond motifs is 1. The predicted molar refractivity (Wildman–Crippen MR) is 84.8 cm³/mol. The first-order chi connectivity index (χ1) is 11.2. The van der Waals surface area contributed by atoms with Gasteiger partial charge in [0.05, 0.1) is 11.0 Å². The summed E-state index contributed by atoms with van der Waals surface area (Å²) >= 11 is 0. The van der Waals surface area contributed by atoms with E-state index in [1.807, 2.05) is 0 Å². The molecule has 1 saturated heterocycles. The van der Waals surface area contributed by atoms with Crippen molar-refractivity contribution in [3.8, 4) is 0 Å². The summed E-state index contributed by atoms with van der Waals surface area (Å²) in [6, 6.07) is 4.24. The number of aromatic nitrogens is 2. The van der Waals surface area contributed by atoms with Gasteiger partial charge in [0.15, 0.2) is 0 Å². The summed E-state index contributed by atoms with van der Waals surface area (Å²) in [4.78, 5) is 18.0. The van der Waals surface area contributed by atoms with Crippen molar-refractivity contribution < 1.29 is 18.0 Å². The van der Waals surface area contributed by atoms with Crippen LogP contribution in [0, 0.1) is 5.92 Å². The molecule has 130 valence electrons. The summed E-state index contributed by atoms with van der Waals surface area (Å²) in [5, 5.41) is 0. The lowest BCUT2D eigenvalue weighted by molar-refractivity contribution is -0.147. The minimum Gasteiger partial charge on any atom is -0.338 e. The van der Waals surface area contributed by atoms with Gasteiger partial charge in [-0.3, -0.25) is 4.79 Å². The standard InChI is InChI=1S/C17H20F3N3O/c1-10(2)23-14-5-4-12(15(24)22-7-6-11(3)9-22)8-13(14)21-16(23)17(18,19)20/h4-5,8,10-11H,6-7,9H2,1-3H3.